The number of carbonyl (C=O) groups excluding carboxylic acids is 1. The average molecular weight is 361 g/mol. The number of rotatable bonds is 6. The highest BCUT2D eigenvalue weighted by molar-refractivity contribution is 6.26. The Labute approximate surface area is 145 Å². The van der Waals surface area contributed by atoms with Gasteiger partial charge in [0.2, 0.25) is 0 Å². The lowest BCUT2D eigenvalue weighted by molar-refractivity contribution is -0.290. The Morgan fingerprint density at radius 3 is 2.50 bits per heavy atom. The van der Waals surface area contributed by atoms with E-state index in [1.54, 1.807) is 26.2 Å². The van der Waals surface area contributed by atoms with Crippen LogP contribution in [0.5, 0.6) is 5.75 Å². The number of hydrogen-bond donors (Lipinski definition) is 2. The molecule has 0 bridgehead atoms. The van der Waals surface area contributed by atoms with Crippen LogP contribution in [0.3, 0.4) is 0 Å². The van der Waals surface area contributed by atoms with Crippen molar-refractivity contribution in [2.24, 2.45) is 0 Å². The zero-order chi connectivity index (χ0) is 17.7. The molecule has 1 aliphatic rings. The summed E-state index contributed by atoms with van der Waals surface area (Å²) in [5.74, 6) is -0.417. The van der Waals surface area contributed by atoms with E-state index in [0.29, 0.717) is 0 Å². The molecule has 0 aliphatic carbocycles. The van der Waals surface area contributed by atoms with E-state index in [1.807, 2.05) is 12.1 Å². The van der Waals surface area contributed by atoms with E-state index in [4.69, 9.17) is 30.5 Å². The van der Waals surface area contributed by atoms with E-state index in [2.05, 4.69) is 0 Å². The minimum absolute atomic E-state index is 0.214. The Morgan fingerprint density at radius 2 is 1.92 bits per heavy atom. The van der Waals surface area contributed by atoms with Gasteiger partial charge in [0.25, 0.3) is 0 Å². The van der Waals surface area contributed by atoms with Gasteiger partial charge in [0, 0.05) is 0 Å². The summed E-state index contributed by atoms with van der Waals surface area (Å²) in [4.78, 5) is 11.3. The van der Waals surface area contributed by atoms with Crippen molar-refractivity contribution in [2.75, 3.05) is 13.0 Å². The molecule has 24 heavy (non-hydrogen) atoms. The molecule has 134 valence electrons. The molecule has 1 aromatic carbocycles. The highest BCUT2D eigenvalue weighted by Gasteiger charge is 2.45. The Bertz CT molecular complexity index is 536. The van der Waals surface area contributed by atoms with Crippen LogP contribution in [-0.4, -0.2) is 59.9 Å². The van der Waals surface area contributed by atoms with E-state index in [1.165, 1.54) is 0 Å². The topological polar surface area (TPSA) is 94.5 Å². The fourth-order valence-electron chi connectivity index (χ4n) is 2.47. The number of ether oxygens (including phenoxy) is 4. The first kappa shape index (κ1) is 19.0. The van der Waals surface area contributed by atoms with E-state index in [0.717, 1.165) is 11.3 Å². The molecule has 7 nitrogen and oxygen atoms in total. The molecule has 1 saturated heterocycles. The van der Waals surface area contributed by atoms with Crippen LogP contribution in [-0.2, 0) is 25.6 Å². The number of aliphatic hydroxyl groups excluding tert-OH is 2. The summed E-state index contributed by atoms with van der Waals surface area (Å²) in [7, 11) is 1.58. The lowest BCUT2D eigenvalue weighted by Gasteiger charge is -2.40. The smallest absolute Gasteiger partial charge is 0.321 e. The molecule has 8 heteroatoms. The maximum Gasteiger partial charge on any atom is 0.321 e. The van der Waals surface area contributed by atoms with E-state index >= 15 is 0 Å². The second-order valence-electron chi connectivity index (χ2n) is 5.43. The first-order valence-electron chi connectivity index (χ1n) is 7.47. The molecule has 0 spiro atoms. The highest BCUT2D eigenvalue weighted by Crippen LogP contribution is 2.25. The number of hydrogen-bond acceptors (Lipinski definition) is 7. The Balaban J connectivity index is 1.99. The zero-order valence-corrected chi connectivity index (χ0v) is 14.2. The predicted octanol–water partition coefficient (Wildman–Crippen LogP) is 0.829. The molecule has 2 N–H and O–H groups in total. The van der Waals surface area contributed by atoms with Gasteiger partial charge >= 0.3 is 5.97 Å². The second kappa shape index (κ2) is 8.64. The summed E-state index contributed by atoms with van der Waals surface area (Å²) in [5, 5.41) is 20.2. The molecule has 0 amide bonds. The van der Waals surface area contributed by atoms with Gasteiger partial charge < -0.3 is 29.2 Å². The minimum atomic E-state index is -1.44. The van der Waals surface area contributed by atoms with Crippen molar-refractivity contribution in [1.82, 2.24) is 0 Å². The molecule has 2 rings (SSSR count). The minimum Gasteiger partial charge on any atom is -0.497 e. The lowest BCUT2D eigenvalue weighted by Crippen LogP contribution is -2.58. The average Bonchev–Trinajstić information content (AvgIpc) is 2.58. The fourth-order valence-corrected chi connectivity index (χ4v) is 2.53. The third kappa shape index (κ3) is 4.58. The van der Waals surface area contributed by atoms with Crippen LogP contribution in [0.2, 0.25) is 0 Å². The number of aliphatic hydroxyl groups is 2. The molecule has 1 heterocycles. The number of esters is 1. The highest BCUT2D eigenvalue weighted by atomic mass is 35.5. The fraction of sp³-hybridized carbons (Fsp3) is 0.562. The van der Waals surface area contributed by atoms with E-state index < -0.39 is 36.7 Å². The summed E-state index contributed by atoms with van der Waals surface area (Å²) in [6, 6.07) is 7.26. The number of carbonyl (C=O) groups is 1. The van der Waals surface area contributed by atoms with Crippen LogP contribution in [0.1, 0.15) is 12.5 Å². The number of benzene rings is 1. The van der Waals surface area contributed by atoms with Gasteiger partial charge in [-0.1, -0.05) is 12.1 Å². The van der Waals surface area contributed by atoms with E-state index in [-0.39, 0.29) is 12.5 Å². The molecule has 0 saturated carbocycles. The van der Waals surface area contributed by atoms with Gasteiger partial charge in [-0.3, -0.25) is 4.79 Å². The SMILES string of the molecule is COc1ccc(CO[C@@H]2[C@@H](O)[C@@H](OC(=O)CCl)[C@H](O)O[C@H]2C)cc1. The molecular weight excluding hydrogens is 340 g/mol. The van der Waals surface area contributed by atoms with Gasteiger partial charge in [-0.25, -0.2) is 0 Å². The largest absolute Gasteiger partial charge is 0.497 e. The van der Waals surface area contributed by atoms with Crippen molar-refractivity contribution < 1.29 is 34.0 Å². The Hall–Kier alpha value is -1.38. The van der Waals surface area contributed by atoms with Crippen LogP contribution >= 0.6 is 11.6 Å². The van der Waals surface area contributed by atoms with Gasteiger partial charge in [0.15, 0.2) is 12.4 Å². The van der Waals surface area contributed by atoms with Crippen molar-refractivity contribution in [2.45, 2.75) is 44.2 Å². The molecule has 1 aliphatic heterocycles. The Morgan fingerprint density at radius 1 is 1.25 bits per heavy atom. The number of halogens is 1. The van der Waals surface area contributed by atoms with Crippen LogP contribution in [0, 0.1) is 0 Å². The second-order valence-corrected chi connectivity index (χ2v) is 5.70. The van der Waals surface area contributed by atoms with Crippen molar-refractivity contribution in [3.05, 3.63) is 29.8 Å². The zero-order valence-electron chi connectivity index (χ0n) is 13.4. The lowest BCUT2D eigenvalue weighted by atomic mass is 9.99. The summed E-state index contributed by atoms with van der Waals surface area (Å²) < 4.78 is 21.0. The first-order valence-corrected chi connectivity index (χ1v) is 8.01. The molecule has 5 atom stereocenters. The quantitative estimate of drug-likeness (QED) is 0.573. The molecule has 1 fully saturated rings. The van der Waals surface area contributed by atoms with Crippen molar-refractivity contribution in [3.63, 3.8) is 0 Å². The third-order valence-electron chi connectivity index (χ3n) is 3.75. The normalized spacial score (nSPS) is 30.0. The number of methoxy groups -OCH3 is 1. The van der Waals surface area contributed by atoms with Gasteiger partial charge in [-0.05, 0) is 24.6 Å². The maximum absolute atomic E-state index is 11.3. The summed E-state index contributed by atoms with van der Waals surface area (Å²) in [6.45, 7) is 1.87. The molecule has 0 radical (unpaired) electrons. The van der Waals surface area contributed by atoms with Gasteiger partial charge in [-0.2, -0.15) is 0 Å². The Kier molecular flexibility index (Phi) is 6.82. The molecule has 0 aromatic heterocycles. The van der Waals surface area contributed by atoms with E-state index in [9.17, 15) is 15.0 Å². The van der Waals surface area contributed by atoms with Gasteiger partial charge in [0.05, 0.1) is 19.8 Å². The van der Waals surface area contributed by atoms with Crippen molar-refractivity contribution in [3.8, 4) is 5.75 Å². The van der Waals surface area contributed by atoms with Crippen LogP contribution < -0.4 is 4.74 Å². The summed E-state index contributed by atoms with van der Waals surface area (Å²) in [5.41, 5.74) is 0.871. The van der Waals surface area contributed by atoms with Crippen molar-refractivity contribution >= 4 is 17.6 Å². The van der Waals surface area contributed by atoms with Crippen LogP contribution in [0.25, 0.3) is 0 Å². The molecule has 1 aromatic rings. The first-order chi connectivity index (χ1) is 11.5. The van der Waals surface area contributed by atoms with Crippen molar-refractivity contribution in [1.29, 1.82) is 0 Å². The van der Waals surface area contributed by atoms with Crippen LogP contribution in [0.15, 0.2) is 24.3 Å². The summed E-state index contributed by atoms with van der Waals surface area (Å²) in [6.07, 6.45) is -5.30. The molecular formula is C16H21ClO7. The third-order valence-corrected chi connectivity index (χ3v) is 3.97. The predicted molar refractivity (Wildman–Crippen MR) is 84.7 cm³/mol. The van der Waals surface area contributed by atoms with Crippen LogP contribution in [0.4, 0.5) is 0 Å². The maximum atomic E-state index is 11.3. The standard InChI is InChI=1S/C16H21ClO7/c1-9-14(22-8-10-3-5-11(21-2)6-4-10)13(19)15(16(20)23-9)24-12(18)7-17/h3-6,9,13-16,19-20H,7-8H2,1-2H3/t9-,13+,14-,15+,16+/m0/s1. The summed E-state index contributed by atoms with van der Waals surface area (Å²) >= 11 is 5.38. The molecule has 0 unspecified atom stereocenters. The monoisotopic (exact) mass is 360 g/mol. The van der Waals surface area contributed by atoms with Gasteiger partial charge in [0.1, 0.15) is 23.8 Å². The van der Waals surface area contributed by atoms with Gasteiger partial charge in [-0.15, -0.1) is 11.6 Å². The number of alkyl halides is 1.